The van der Waals surface area contributed by atoms with Crippen LogP contribution in [0, 0.1) is 0 Å². The maximum Gasteiger partial charge on any atom is 0.264 e. The van der Waals surface area contributed by atoms with Gasteiger partial charge in [0.2, 0.25) is 0 Å². The lowest BCUT2D eigenvalue weighted by atomic mass is 10.0. The Kier molecular flexibility index (Phi) is 3.18. The van der Waals surface area contributed by atoms with Crippen LogP contribution in [-0.2, 0) is 9.84 Å². The number of thiophene rings is 1. The van der Waals surface area contributed by atoms with Gasteiger partial charge in [0.1, 0.15) is 10.4 Å². The Labute approximate surface area is 126 Å². The second kappa shape index (κ2) is 4.67. The number of pyridine rings is 1. The monoisotopic (exact) mass is 325 g/mol. The molecular weight excluding hydrogens is 310 g/mol. The summed E-state index contributed by atoms with van der Waals surface area (Å²) in [5.41, 5.74) is 6.20. The molecule has 3 rings (SSSR count). The van der Waals surface area contributed by atoms with E-state index in [1.165, 1.54) is 11.3 Å². The number of amides is 1. The lowest BCUT2D eigenvalue weighted by Gasteiger charge is -2.23. The number of aromatic nitrogens is 1. The third-order valence-electron chi connectivity index (χ3n) is 3.61. The molecule has 1 unspecified atom stereocenters. The third-order valence-corrected chi connectivity index (χ3v) is 6.67. The number of hydrogen-bond acceptors (Lipinski definition) is 6. The van der Waals surface area contributed by atoms with Gasteiger partial charge < -0.3 is 11.1 Å². The molecule has 112 valence electrons. The van der Waals surface area contributed by atoms with Crippen molar-refractivity contribution >= 4 is 43.0 Å². The zero-order valence-electron chi connectivity index (χ0n) is 11.4. The predicted octanol–water partition coefficient (Wildman–Crippen LogP) is 1.19. The van der Waals surface area contributed by atoms with Gasteiger partial charge in [-0.1, -0.05) is 0 Å². The molecule has 3 N–H and O–H groups in total. The van der Waals surface area contributed by atoms with Crippen LogP contribution in [0.2, 0.25) is 0 Å². The lowest BCUT2D eigenvalue weighted by Crippen LogP contribution is -2.46. The van der Waals surface area contributed by atoms with Gasteiger partial charge in [0.25, 0.3) is 5.91 Å². The molecule has 2 aromatic heterocycles. The maximum atomic E-state index is 12.4. The molecule has 0 saturated carbocycles. The summed E-state index contributed by atoms with van der Waals surface area (Å²) in [7, 11) is -3.07. The number of carbonyl (C=O) groups excluding carboxylic acids is 1. The van der Waals surface area contributed by atoms with Crippen molar-refractivity contribution < 1.29 is 13.2 Å². The molecule has 21 heavy (non-hydrogen) atoms. The van der Waals surface area contributed by atoms with Crippen molar-refractivity contribution in [1.29, 1.82) is 0 Å². The molecule has 0 bridgehead atoms. The largest absolute Gasteiger partial charge is 0.396 e. The molecule has 6 nitrogen and oxygen atoms in total. The van der Waals surface area contributed by atoms with Crippen molar-refractivity contribution in [3.63, 3.8) is 0 Å². The van der Waals surface area contributed by atoms with Crippen LogP contribution in [0.3, 0.4) is 0 Å². The fraction of sp³-hybridized carbons (Fsp3) is 0.385. The van der Waals surface area contributed by atoms with Gasteiger partial charge >= 0.3 is 0 Å². The number of fused-ring (bicyclic) bond motifs is 1. The topological polar surface area (TPSA) is 102 Å². The Morgan fingerprint density at radius 3 is 2.90 bits per heavy atom. The van der Waals surface area contributed by atoms with Crippen LogP contribution in [-0.4, -0.2) is 36.4 Å². The molecule has 0 spiro atoms. The van der Waals surface area contributed by atoms with Crippen molar-refractivity contribution in [3.8, 4) is 0 Å². The lowest BCUT2D eigenvalue weighted by molar-refractivity contribution is 0.0920. The molecule has 1 fully saturated rings. The Morgan fingerprint density at radius 1 is 1.52 bits per heavy atom. The van der Waals surface area contributed by atoms with Crippen molar-refractivity contribution in [3.05, 3.63) is 23.2 Å². The summed E-state index contributed by atoms with van der Waals surface area (Å²) in [6.07, 6.45) is 2.04. The van der Waals surface area contributed by atoms with Crippen LogP contribution in [0.4, 0.5) is 5.69 Å². The van der Waals surface area contributed by atoms with Gasteiger partial charge in [-0.2, -0.15) is 0 Å². The summed E-state index contributed by atoms with van der Waals surface area (Å²) in [5, 5.41) is 2.81. The molecule has 0 aliphatic carbocycles. The number of hydrogen-bond donors (Lipinski definition) is 2. The van der Waals surface area contributed by atoms with Gasteiger partial charge in [0.15, 0.2) is 9.84 Å². The Balaban J connectivity index is 1.90. The van der Waals surface area contributed by atoms with Crippen molar-refractivity contribution in [1.82, 2.24) is 10.3 Å². The maximum absolute atomic E-state index is 12.4. The second-order valence-electron chi connectivity index (χ2n) is 5.55. The summed E-state index contributed by atoms with van der Waals surface area (Å²) in [6.45, 7) is 1.75. The minimum absolute atomic E-state index is 0.0329. The molecule has 0 radical (unpaired) electrons. The smallest absolute Gasteiger partial charge is 0.264 e. The van der Waals surface area contributed by atoms with Crippen LogP contribution in [0.1, 0.15) is 23.0 Å². The van der Waals surface area contributed by atoms with Gasteiger partial charge in [-0.15, -0.1) is 11.3 Å². The zero-order chi connectivity index (χ0) is 15.3. The normalized spacial score (nSPS) is 24.2. The summed E-state index contributed by atoms with van der Waals surface area (Å²) < 4.78 is 24.0. The molecular formula is C13H15N3O3S2. The highest BCUT2D eigenvalue weighted by atomic mass is 32.2. The first-order chi connectivity index (χ1) is 9.80. The minimum Gasteiger partial charge on any atom is -0.396 e. The standard InChI is InChI=1S/C13H15N3O3S2/c1-13(4-6-21(18,19)7-13)16-12(17)11-9(14)10-8(20-11)3-2-5-15-10/h2-3,5H,4,6-7,14H2,1H3,(H,16,17). The van der Waals surface area contributed by atoms with Crippen molar-refractivity contribution in [2.75, 3.05) is 17.2 Å². The highest BCUT2D eigenvalue weighted by molar-refractivity contribution is 7.91. The molecule has 1 atom stereocenters. The molecule has 2 aromatic rings. The molecule has 1 aliphatic heterocycles. The van der Waals surface area contributed by atoms with E-state index in [0.717, 1.165) is 4.70 Å². The van der Waals surface area contributed by atoms with Crippen LogP contribution in [0.5, 0.6) is 0 Å². The number of nitrogens with zero attached hydrogens (tertiary/aromatic N) is 1. The van der Waals surface area contributed by atoms with Gasteiger partial charge in [0.05, 0.1) is 27.4 Å². The van der Waals surface area contributed by atoms with E-state index < -0.39 is 15.4 Å². The van der Waals surface area contributed by atoms with Crippen LogP contribution in [0.15, 0.2) is 18.3 Å². The molecule has 1 saturated heterocycles. The number of nitrogens with two attached hydrogens (primary N) is 1. The van der Waals surface area contributed by atoms with Crippen molar-refractivity contribution in [2.24, 2.45) is 0 Å². The van der Waals surface area contributed by atoms with Crippen molar-refractivity contribution in [2.45, 2.75) is 18.9 Å². The van der Waals surface area contributed by atoms with Gasteiger partial charge in [-0.05, 0) is 25.5 Å². The molecule has 1 amide bonds. The molecule has 0 aromatic carbocycles. The van der Waals surface area contributed by atoms with E-state index in [2.05, 4.69) is 10.3 Å². The minimum atomic E-state index is -3.07. The fourth-order valence-corrected chi connectivity index (χ4v) is 5.63. The Morgan fingerprint density at radius 2 is 2.29 bits per heavy atom. The van der Waals surface area contributed by atoms with E-state index >= 15 is 0 Å². The molecule has 8 heteroatoms. The zero-order valence-corrected chi connectivity index (χ0v) is 13.1. The highest BCUT2D eigenvalue weighted by Gasteiger charge is 2.40. The third kappa shape index (κ3) is 2.60. The van der Waals surface area contributed by atoms with Gasteiger partial charge in [-0.25, -0.2) is 8.42 Å². The van der Waals surface area contributed by atoms with E-state index in [0.29, 0.717) is 22.5 Å². The van der Waals surface area contributed by atoms with Crippen LogP contribution >= 0.6 is 11.3 Å². The summed E-state index contributed by atoms with van der Waals surface area (Å²) >= 11 is 1.26. The predicted molar refractivity (Wildman–Crippen MR) is 83.2 cm³/mol. The number of anilines is 1. The van der Waals surface area contributed by atoms with Crippen LogP contribution < -0.4 is 11.1 Å². The molecule has 3 heterocycles. The summed E-state index contributed by atoms with van der Waals surface area (Å²) in [5.74, 6) is -0.266. The van der Waals surface area contributed by atoms with E-state index in [1.807, 2.05) is 6.07 Å². The quantitative estimate of drug-likeness (QED) is 0.863. The Hall–Kier alpha value is -1.67. The van der Waals surface area contributed by atoms with Gasteiger partial charge in [-0.3, -0.25) is 9.78 Å². The fourth-order valence-electron chi connectivity index (χ4n) is 2.56. The van der Waals surface area contributed by atoms with E-state index in [9.17, 15) is 13.2 Å². The van der Waals surface area contributed by atoms with E-state index in [-0.39, 0.29) is 17.4 Å². The number of nitrogen functional groups attached to an aromatic ring is 1. The number of rotatable bonds is 2. The van der Waals surface area contributed by atoms with Gasteiger partial charge in [0, 0.05) is 6.20 Å². The van der Waals surface area contributed by atoms with E-state index in [1.54, 1.807) is 19.2 Å². The molecule has 1 aliphatic rings. The average Bonchev–Trinajstić information content (AvgIpc) is 2.88. The first-order valence-corrected chi connectivity index (χ1v) is 9.09. The number of carbonyl (C=O) groups is 1. The Bertz CT molecular complexity index is 828. The first kappa shape index (κ1) is 14.3. The van der Waals surface area contributed by atoms with Crippen LogP contribution in [0.25, 0.3) is 10.2 Å². The van der Waals surface area contributed by atoms with E-state index in [4.69, 9.17) is 5.73 Å². The highest BCUT2D eigenvalue weighted by Crippen LogP contribution is 2.32. The number of nitrogens with one attached hydrogen (secondary N) is 1. The average molecular weight is 325 g/mol. The SMILES string of the molecule is CC1(NC(=O)c2sc3cccnc3c2N)CCS(=O)(=O)C1. The summed E-state index contributed by atoms with van der Waals surface area (Å²) in [6, 6.07) is 3.63. The first-order valence-electron chi connectivity index (χ1n) is 6.46. The number of sulfone groups is 1. The summed E-state index contributed by atoms with van der Waals surface area (Å²) in [4.78, 5) is 17.0. The second-order valence-corrected chi connectivity index (χ2v) is 8.79.